The summed E-state index contributed by atoms with van der Waals surface area (Å²) in [5, 5.41) is 7.15. The Morgan fingerprint density at radius 1 is 1.50 bits per heavy atom. The van der Waals surface area contributed by atoms with Gasteiger partial charge in [-0.15, -0.1) is 0 Å². The van der Waals surface area contributed by atoms with E-state index in [1.807, 2.05) is 19.1 Å². The van der Waals surface area contributed by atoms with E-state index in [-0.39, 0.29) is 12.5 Å². The minimum Gasteiger partial charge on any atom is -0.488 e. The van der Waals surface area contributed by atoms with Gasteiger partial charge in [-0.2, -0.15) is 5.10 Å². The zero-order chi connectivity index (χ0) is 15.5. The molecule has 0 spiro atoms. The monoisotopic (exact) mass is 301 g/mol. The smallest absolute Gasteiger partial charge is 0.241 e. The number of aryl methyl sites for hydroxylation is 1. The molecule has 1 aliphatic rings. The predicted molar refractivity (Wildman–Crippen MR) is 81.6 cm³/mol. The van der Waals surface area contributed by atoms with Gasteiger partial charge in [-0.05, 0) is 19.1 Å². The van der Waals surface area contributed by atoms with Crippen molar-refractivity contribution in [3.8, 4) is 17.0 Å². The molecule has 0 saturated carbocycles. The number of hydrogen-bond donors (Lipinski definition) is 1. The third-order valence-corrected chi connectivity index (χ3v) is 3.61. The van der Waals surface area contributed by atoms with Crippen LogP contribution < -0.4 is 10.1 Å². The molecule has 6 heteroatoms. The van der Waals surface area contributed by atoms with Gasteiger partial charge >= 0.3 is 0 Å². The number of carbonyl (C=O) groups is 1. The van der Waals surface area contributed by atoms with Gasteiger partial charge in [0.1, 0.15) is 18.9 Å². The number of carbonyl (C=O) groups excluding carboxylic acids is 1. The summed E-state index contributed by atoms with van der Waals surface area (Å²) < 4.78 is 12.4. The second-order valence-electron chi connectivity index (χ2n) is 5.31. The van der Waals surface area contributed by atoms with Gasteiger partial charge < -0.3 is 14.8 Å². The van der Waals surface area contributed by atoms with Crippen molar-refractivity contribution in [1.29, 1.82) is 0 Å². The Balaban J connectivity index is 1.84. The van der Waals surface area contributed by atoms with E-state index in [1.165, 1.54) is 0 Å². The number of aromatic nitrogens is 2. The van der Waals surface area contributed by atoms with E-state index in [9.17, 15) is 4.79 Å². The van der Waals surface area contributed by atoms with Crippen molar-refractivity contribution in [1.82, 2.24) is 15.1 Å². The first-order valence-corrected chi connectivity index (χ1v) is 7.23. The molecule has 1 amide bonds. The Morgan fingerprint density at radius 2 is 2.36 bits per heavy atom. The molecule has 1 N–H and O–H groups in total. The second-order valence-corrected chi connectivity index (χ2v) is 5.31. The molecule has 0 atom stereocenters. The van der Waals surface area contributed by atoms with Gasteiger partial charge in [-0.1, -0.05) is 11.6 Å². The van der Waals surface area contributed by atoms with E-state index in [0.29, 0.717) is 19.8 Å². The maximum atomic E-state index is 12.0. The molecule has 0 unspecified atom stereocenters. The molecule has 0 radical (unpaired) electrons. The molecule has 0 saturated heterocycles. The number of hydrogen-bond acceptors (Lipinski definition) is 4. The van der Waals surface area contributed by atoms with Crippen LogP contribution in [0.5, 0.6) is 5.75 Å². The number of amides is 1. The highest BCUT2D eigenvalue weighted by Crippen LogP contribution is 2.37. The number of benzene rings is 1. The summed E-state index contributed by atoms with van der Waals surface area (Å²) in [6.07, 6.45) is 1.77. The average Bonchev–Trinajstić information content (AvgIpc) is 2.91. The topological polar surface area (TPSA) is 65.4 Å². The lowest BCUT2D eigenvalue weighted by molar-refractivity contribution is -0.122. The van der Waals surface area contributed by atoms with Gasteiger partial charge in [-0.3, -0.25) is 9.48 Å². The number of rotatable bonds is 5. The van der Waals surface area contributed by atoms with Crippen molar-refractivity contribution in [2.24, 2.45) is 0 Å². The highest BCUT2D eigenvalue weighted by atomic mass is 16.5. The number of nitrogens with one attached hydrogen (secondary N) is 1. The van der Waals surface area contributed by atoms with Crippen LogP contribution in [-0.4, -0.2) is 35.9 Å². The van der Waals surface area contributed by atoms with E-state index in [4.69, 9.17) is 9.47 Å². The van der Waals surface area contributed by atoms with Gasteiger partial charge in [0, 0.05) is 24.8 Å². The molecular weight excluding hydrogens is 282 g/mol. The van der Waals surface area contributed by atoms with Crippen molar-refractivity contribution in [3.63, 3.8) is 0 Å². The Morgan fingerprint density at radius 3 is 3.18 bits per heavy atom. The molecule has 116 valence electrons. The summed E-state index contributed by atoms with van der Waals surface area (Å²) in [5.74, 6) is 0.753. The SMILES string of the molecule is COCCNC(=O)Cn1ncc2c1-c1cc(C)ccc1OC2. The van der Waals surface area contributed by atoms with Gasteiger partial charge in [0.25, 0.3) is 0 Å². The Bertz CT molecular complexity index is 694. The number of fused-ring (bicyclic) bond motifs is 3. The third-order valence-electron chi connectivity index (χ3n) is 3.61. The molecule has 0 bridgehead atoms. The number of nitrogens with zero attached hydrogens (tertiary/aromatic N) is 2. The van der Waals surface area contributed by atoms with Gasteiger partial charge in [0.2, 0.25) is 5.91 Å². The normalized spacial score (nSPS) is 12.3. The maximum absolute atomic E-state index is 12.0. The van der Waals surface area contributed by atoms with Crippen LogP contribution in [0.4, 0.5) is 0 Å². The summed E-state index contributed by atoms with van der Waals surface area (Å²) in [6, 6.07) is 6.04. The van der Waals surface area contributed by atoms with Crippen molar-refractivity contribution in [2.75, 3.05) is 20.3 Å². The quantitative estimate of drug-likeness (QED) is 0.850. The fraction of sp³-hybridized carbons (Fsp3) is 0.375. The molecule has 1 aromatic carbocycles. The lowest BCUT2D eigenvalue weighted by Gasteiger charge is -2.19. The number of methoxy groups -OCH3 is 1. The van der Waals surface area contributed by atoms with Crippen LogP contribution in [-0.2, 0) is 22.7 Å². The highest BCUT2D eigenvalue weighted by Gasteiger charge is 2.23. The minimum absolute atomic E-state index is 0.0800. The van der Waals surface area contributed by atoms with E-state index in [0.717, 1.165) is 28.1 Å². The highest BCUT2D eigenvalue weighted by molar-refractivity contribution is 5.78. The van der Waals surface area contributed by atoms with Crippen LogP contribution in [0.15, 0.2) is 24.4 Å². The molecule has 0 fully saturated rings. The molecule has 6 nitrogen and oxygen atoms in total. The van der Waals surface area contributed by atoms with Gasteiger partial charge in [0.15, 0.2) is 0 Å². The molecular formula is C16H19N3O3. The van der Waals surface area contributed by atoms with Crippen molar-refractivity contribution < 1.29 is 14.3 Å². The summed E-state index contributed by atoms with van der Waals surface area (Å²) >= 11 is 0. The van der Waals surface area contributed by atoms with E-state index >= 15 is 0 Å². The molecule has 3 rings (SSSR count). The average molecular weight is 301 g/mol. The largest absolute Gasteiger partial charge is 0.488 e. The van der Waals surface area contributed by atoms with Gasteiger partial charge in [0.05, 0.1) is 18.5 Å². The summed E-state index contributed by atoms with van der Waals surface area (Å²) in [7, 11) is 1.61. The predicted octanol–water partition coefficient (Wildman–Crippen LogP) is 1.51. The van der Waals surface area contributed by atoms with Crippen LogP contribution in [0.3, 0.4) is 0 Å². The standard InChI is InChI=1S/C16H19N3O3/c1-11-3-4-14-13(7-11)16-12(10-22-14)8-18-19(16)9-15(20)17-5-6-21-2/h3-4,7-8H,5-6,9-10H2,1-2H3,(H,17,20). The summed E-state index contributed by atoms with van der Waals surface area (Å²) in [6.45, 7) is 3.70. The first-order valence-electron chi connectivity index (χ1n) is 7.23. The fourth-order valence-corrected chi connectivity index (χ4v) is 2.56. The first kappa shape index (κ1) is 14.6. The van der Waals surface area contributed by atoms with Crippen LogP contribution in [0.2, 0.25) is 0 Å². The first-order chi connectivity index (χ1) is 10.7. The van der Waals surface area contributed by atoms with E-state index in [1.54, 1.807) is 18.0 Å². The minimum atomic E-state index is -0.0800. The van der Waals surface area contributed by atoms with Crippen molar-refractivity contribution in [3.05, 3.63) is 35.5 Å². The second kappa shape index (κ2) is 6.19. The molecule has 1 aromatic heterocycles. The zero-order valence-electron chi connectivity index (χ0n) is 12.8. The Labute approximate surface area is 129 Å². The molecule has 2 aromatic rings. The summed E-state index contributed by atoms with van der Waals surface area (Å²) in [5.41, 5.74) is 4.10. The number of ether oxygens (including phenoxy) is 2. The van der Waals surface area contributed by atoms with Crippen LogP contribution in [0.1, 0.15) is 11.1 Å². The van der Waals surface area contributed by atoms with Gasteiger partial charge in [-0.25, -0.2) is 0 Å². The fourth-order valence-electron chi connectivity index (χ4n) is 2.56. The van der Waals surface area contributed by atoms with Crippen LogP contribution >= 0.6 is 0 Å². The van der Waals surface area contributed by atoms with Crippen LogP contribution in [0.25, 0.3) is 11.3 Å². The Kier molecular flexibility index (Phi) is 4.11. The summed E-state index contributed by atoms with van der Waals surface area (Å²) in [4.78, 5) is 12.0. The Hall–Kier alpha value is -2.34. The van der Waals surface area contributed by atoms with Crippen molar-refractivity contribution >= 4 is 5.91 Å². The molecule has 22 heavy (non-hydrogen) atoms. The van der Waals surface area contributed by atoms with Crippen LogP contribution in [0, 0.1) is 6.92 Å². The maximum Gasteiger partial charge on any atom is 0.241 e. The van der Waals surface area contributed by atoms with E-state index in [2.05, 4.69) is 16.5 Å². The lowest BCUT2D eigenvalue weighted by atomic mass is 10.0. The third kappa shape index (κ3) is 2.82. The molecule has 2 heterocycles. The van der Waals surface area contributed by atoms with E-state index < -0.39 is 0 Å². The zero-order valence-corrected chi connectivity index (χ0v) is 12.8. The molecule has 1 aliphatic heterocycles. The molecule has 0 aliphatic carbocycles. The lowest BCUT2D eigenvalue weighted by Crippen LogP contribution is -2.31. The van der Waals surface area contributed by atoms with Crippen molar-refractivity contribution in [2.45, 2.75) is 20.1 Å².